The summed E-state index contributed by atoms with van der Waals surface area (Å²) in [5.41, 5.74) is 2.36. The van der Waals surface area contributed by atoms with Gasteiger partial charge in [-0.3, -0.25) is 9.59 Å². The molecule has 31 heavy (non-hydrogen) atoms. The van der Waals surface area contributed by atoms with Gasteiger partial charge in [0.25, 0.3) is 5.91 Å². The number of hydrogen-bond donors (Lipinski definition) is 4. The molecule has 8 heteroatoms. The highest BCUT2D eigenvalue weighted by molar-refractivity contribution is 7.99. The van der Waals surface area contributed by atoms with Crippen molar-refractivity contribution >= 4 is 35.0 Å². The summed E-state index contributed by atoms with van der Waals surface area (Å²) in [5.74, 6) is -0.409. The lowest BCUT2D eigenvalue weighted by Crippen LogP contribution is -2.51. The summed E-state index contributed by atoms with van der Waals surface area (Å²) in [5, 5.41) is 18.9. The maximum atomic E-state index is 13.0. The zero-order valence-corrected chi connectivity index (χ0v) is 18.4. The van der Waals surface area contributed by atoms with E-state index in [-0.39, 0.29) is 17.7 Å². The van der Waals surface area contributed by atoms with Crippen molar-refractivity contribution in [2.75, 3.05) is 11.9 Å². The molecular weight excluding hydrogens is 414 g/mol. The zero-order chi connectivity index (χ0) is 22.0. The van der Waals surface area contributed by atoms with Gasteiger partial charge in [-0.05, 0) is 49.1 Å². The maximum Gasteiger partial charge on any atom is 0.252 e. The minimum Gasteiger partial charge on any atom is -0.366 e. The van der Waals surface area contributed by atoms with Crippen molar-refractivity contribution in [3.05, 3.63) is 48.0 Å². The smallest absolute Gasteiger partial charge is 0.252 e. The van der Waals surface area contributed by atoms with E-state index in [1.165, 1.54) is 0 Å². The van der Waals surface area contributed by atoms with Gasteiger partial charge in [-0.2, -0.15) is 0 Å². The summed E-state index contributed by atoms with van der Waals surface area (Å²) in [6, 6.07) is 12.4. The van der Waals surface area contributed by atoms with E-state index in [9.17, 15) is 14.7 Å². The van der Waals surface area contributed by atoms with E-state index in [0.29, 0.717) is 25.0 Å². The largest absolute Gasteiger partial charge is 0.366 e. The van der Waals surface area contributed by atoms with Gasteiger partial charge in [0, 0.05) is 15.4 Å². The van der Waals surface area contributed by atoms with E-state index in [0.717, 1.165) is 21.2 Å². The molecule has 0 spiro atoms. The van der Waals surface area contributed by atoms with Crippen LogP contribution < -0.4 is 16.0 Å². The molecule has 2 aliphatic rings. The molecule has 4 N–H and O–H groups in total. The number of nitrogens with one attached hydrogen (secondary N) is 3. The standard InChI is InChI=1S/C23H27N3O4S/c1-13(2)11-18(22(28)25-16-9-10-30-23(16)29)26-21(27)14-7-8-20-17(12-14)24-15-5-3-4-6-19(15)31-20/h3-8,12-13,16,18,23-24,29H,9-11H2,1-2H3,(H,25,28)(H,26,27)/t16?,18-,23+/m1/s1. The van der Waals surface area contributed by atoms with Crippen molar-refractivity contribution in [3.8, 4) is 0 Å². The number of rotatable bonds is 6. The Bertz CT molecular complexity index is 981. The Morgan fingerprint density at radius 3 is 2.71 bits per heavy atom. The van der Waals surface area contributed by atoms with E-state index < -0.39 is 18.4 Å². The first-order valence-corrected chi connectivity index (χ1v) is 11.3. The van der Waals surface area contributed by atoms with Gasteiger partial charge in [-0.25, -0.2) is 0 Å². The average molecular weight is 442 g/mol. The molecular formula is C23H27N3O4S. The van der Waals surface area contributed by atoms with Crippen LogP contribution in [0.3, 0.4) is 0 Å². The highest BCUT2D eigenvalue weighted by atomic mass is 32.2. The second-order valence-electron chi connectivity index (χ2n) is 8.25. The molecule has 164 valence electrons. The van der Waals surface area contributed by atoms with Crippen molar-refractivity contribution in [1.82, 2.24) is 10.6 Å². The molecule has 1 saturated heterocycles. The number of aliphatic hydroxyl groups is 1. The van der Waals surface area contributed by atoms with Crippen molar-refractivity contribution in [2.24, 2.45) is 5.92 Å². The number of amides is 2. The van der Waals surface area contributed by atoms with Gasteiger partial charge < -0.3 is 25.8 Å². The van der Waals surface area contributed by atoms with Crippen LogP contribution in [0.4, 0.5) is 11.4 Å². The van der Waals surface area contributed by atoms with Crippen molar-refractivity contribution in [3.63, 3.8) is 0 Å². The number of anilines is 2. The second kappa shape index (κ2) is 9.30. The predicted octanol–water partition coefficient (Wildman–Crippen LogP) is 3.26. The van der Waals surface area contributed by atoms with Gasteiger partial charge in [0.15, 0.2) is 6.29 Å². The highest BCUT2D eigenvalue weighted by Gasteiger charge is 2.31. The fourth-order valence-corrected chi connectivity index (χ4v) is 4.69. The third-order valence-corrected chi connectivity index (χ3v) is 6.49. The molecule has 2 aliphatic heterocycles. The molecule has 0 radical (unpaired) electrons. The third kappa shape index (κ3) is 5.03. The van der Waals surface area contributed by atoms with E-state index in [2.05, 4.69) is 22.0 Å². The average Bonchev–Trinajstić information content (AvgIpc) is 3.15. The molecule has 4 rings (SSSR count). The molecule has 7 nitrogen and oxygen atoms in total. The van der Waals surface area contributed by atoms with E-state index in [1.807, 2.05) is 44.2 Å². The van der Waals surface area contributed by atoms with E-state index in [4.69, 9.17) is 4.74 Å². The van der Waals surface area contributed by atoms with Crippen LogP contribution in [-0.2, 0) is 9.53 Å². The van der Waals surface area contributed by atoms with Crippen LogP contribution in [0.1, 0.15) is 37.0 Å². The minimum absolute atomic E-state index is 0.207. The Labute approximate surface area is 185 Å². The number of ether oxygens (including phenoxy) is 1. The SMILES string of the molecule is CC(C)C[C@@H](NC(=O)c1ccc2c(c1)Nc1ccccc1S2)C(=O)NC1CCO[C@@H]1O. The van der Waals surface area contributed by atoms with Crippen LogP contribution in [0.2, 0.25) is 0 Å². The molecule has 2 aromatic carbocycles. The summed E-state index contributed by atoms with van der Waals surface area (Å²) in [6.07, 6.45) is 0.0323. The fourth-order valence-electron chi connectivity index (χ4n) is 3.73. The van der Waals surface area contributed by atoms with E-state index >= 15 is 0 Å². The van der Waals surface area contributed by atoms with Gasteiger partial charge in [0.1, 0.15) is 6.04 Å². The lowest BCUT2D eigenvalue weighted by atomic mass is 10.0. The first-order chi connectivity index (χ1) is 14.9. The Morgan fingerprint density at radius 1 is 1.19 bits per heavy atom. The first kappa shape index (κ1) is 21.7. The molecule has 2 heterocycles. The Kier molecular flexibility index (Phi) is 6.50. The topological polar surface area (TPSA) is 99.7 Å². The van der Waals surface area contributed by atoms with Gasteiger partial charge >= 0.3 is 0 Å². The molecule has 3 atom stereocenters. The van der Waals surface area contributed by atoms with Gasteiger partial charge in [0.2, 0.25) is 5.91 Å². The maximum absolute atomic E-state index is 13.0. The summed E-state index contributed by atoms with van der Waals surface area (Å²) in [7, 11) is 0. The number of hydrogen-bond acceptors (Lipinski definition) is 6. The highest BCUT2D eigenvalue weighted by Crippen LogP contribution is 2.44. The van der Waals surface area contributed by atoms with Gasteiger partial charge in [0.05, 0.1) is 24.0 Å². The number of fused-ring (bicyclic) bond motifs is 2. The Hall–Kier alpha value is -2.55. The van der Waals surface area contributed by atoms with Crippen LogP contribution in [-0.4, -0.2) is 41.9 Å². The quantitative estimate of drug-likeness (QED) is 0.469. The molecule has 1 unspecified atom stereocenters. The number of carbonyl (C=O) groups excluding carboxylic acids is 2. The Balaban J connectivity index is 1.46. The third-order valence-electron chi connectivity index (χ3n) is 5.34. The number of para-hydroxylation sites is 1. The number of benzene rings is 2. The Morgan fingerprint density at radius 2 is 1.97 bits per heavy atom. The molecule has 0 saturated carbocycles. The molecule has 0 aliphatic carbocycles. The molecule has 2 amide bonds. The summed E-state index contributed by atoms with van der Waals surface area (Å²) in [4.78, 5) is 28.0. The second-order valence-corrected chi connectivity index (χ2v) is 9.34. The van der Waals surface area contributed by atoms with Gasteiger partial charge in [-0.15, -0.1) is 0 Å². The van der Waals surface area contributed by atoms with E-state index in [1.54, 1.807) is 17.8 Å². The van der Waals surface area contributed by atoms with Crippen LogP contribution >= 0.6 is 11.8 Å². The number of carbonyl (C=O) groups is 2. The zero-order valence-electron chi connectivity index (χ0n) is 17.6. The lowest BCUT2D eigenvalue weighted by Gasteiger charge is -2.24. The van der Waals surface area contributed by atoms with Crippen molar-refractivity contribution < 1.29 is 19.4 Å². The summed E-state index contributed by atoms with van der Waals surface area (Å²) in [6.45, 7) is 4.39. The minimum atomic E-state index is -1.01. The molecule has 0 bridgehead atoms. The normalized spacial score (nSPS) is 20.4. The number of aliphatic hydroxyl groups excluding tert-OH is 1. The summed E-state index contributed by atoms with van der Waals surface area (Å²) >= 11 is 1.65. The predicted molar refractivity (Wildman–Crippen MR) is 120 cm³/mol. The monoisotopic (exact) mass is 441 g/mol. The van der Waals surface area contributed by atoms with Crippen LogP contribution in [0.15, 0.2) is 52.3 Å². The van der Waals surface area contributed by atoms with Crippen LogP contribution in [0.5, 0.6) is 0 Å². The molecule has 0 aromatic heterocycles. The van der Waals surface area contributed by atoms with Crippen LogP contribution in [0, 0.1) is 5.92 Å². The molecule has 1 fully saturated rings. The first-order valence-electron chi connectivity index (χ1n) is 10.5. The van der Waals surface area contributed by atoms with Crippen LogP contribution in [0.25, 0.3) is 0 Å². The van der Waals surface area contributed by atoms with Crippen molar-refractivity contribution in [2.45, 2.75) is 54.9 Å². The summed E-state index contributed by atoms with van der Waals surface area (Å²) < 4.78 is 5.10. The van der Waals surface area contributed by atoms with Crippen molar-refractivity contribution in [1.29, 1.82) is 0 Å². The van der Waals surface area contributed by atoms with Gasteiger partial charge in [-0.1, -0.05) is 37.7 Å². The molecule has 2 aromatic rings. The fraction of sp³-hybridized carbons (Fsp3) is 0.391. The lowest BCUT2D eigenvalue weighted by molar-refractivity contribution is -0.127.